The third-order valence-electron chi connectivity index (χ3n) is 6.84. The van der Waals surface area contributed by atoms with E-state index in [0.717, 1.165) is 12.8 Å². The van der Waals surface area contributed by atoms with Gasteiger partial charge in [-0.15, -0.1) is 6.58 Å². The molecule has 2 aliphatic rings. The van der Waals surface area contributed by atoms with Gasteiger partial charge in [0.2, 0.25) is 0 Å². The third kappa shape index (κ3) is 3.11. The van der Waals surface area contributed by atoms with Gasteiger partial charge < -0.3 is 5.11 Å². The Kier molecular flexibility index (Phi) is 5.06. The van der Waals surface area contributed by atoms with Gasteiger partial charge in [-0.2, -0.15) is 0 Å². The Morgan fingerprint density at radius 2 is 2.09 bits per heavy atom. The average molecular weight is 369 g/mol. The number of allylic oxidation sites excluding steroid dienone is 2. The molecule has 0 aliphatic heterocycles. The summed E-state index contributed by atoms with van der Waals surface area (Å²) in [5.74, 6) is 1.29. The highest BCUT2D eigenvalue weighted by atomic mass is 79.9. The topological polar surface area (TPSA) is 20.2 Å². The number of aliphatic hydroxyl groups is 1. The summed E-state index contributed by atoms with van der Waals surface area (Å²) in [5, 5.41) is 10.3. The molecular formula is C20H33BrO. The Bertz CT molecular complexity index is 462. The fourth-order valence-corrected chi connectivity index (χ4v) is 5.65. The van der Waals surface area contributed by atoms with Gasteiger partial charge in [-0.1, -0.05) is 54.4 Å². The molecule has 0 bridgehead atoms. The molecule has 0 spiro atoms. The van der Waals surface area contributed by atoms with Crippen molar-refractivity contribution in [3.63, 3.8) is 0 Å². The normalized spacial score (nSPS) is 40.3. The molecule has 0 aromatic rings. The molecule has 1 saturated carbocycles. The SMILES string of the molecule is C=C[C@](C)(O)CC[C@H]1C(C)=CC[C@@H]2C(C)(C)[C@H](Br)CC[C@]21C. The first-order valence-corrected chi connectivity index (χ1v) is 9.63. The molecule has 2 aliphatic carbocycles. The van der Waals surface area contributed by atoms with E-state index in [-0.39, 0.29) is 0 Å². The van der Waals surface area contributed by atoms with Crippen LogP contribution in [-0.4, -0.2) is 15.5 Å². The largest absolute Gasteiger partial charge is 0.386 e. The minimum Gasteiger partial charge on any atom is -0.386 e. The van der Waals surface area contributed by atoms with Crippen LogP contribution in [0.1, 0.15) is 66.7 Å². The third-order valence-corrected chi connectivity index (χ3v) is 8.48. The summed E-state index contributed by atoms with van der Waals surface area (Å²) in [5.41, 5.74) is 1.46. The highest BCUT2D eigenvalue weighted by molar-refractivity contribution is 9.09. The molecule has 5 atom stereocenters. The first kappa shape index (κ1) is 18.3. The van der Waals surface area contributed by atoms with Crippen LogP contribution in [0.5, 0.6) is 0 Å². The van der Waals surface area contributed by atoms with Crippen molar-refractivity contribution in [3.8, 4) is 0 Å². The highest BCUT2D eigenvalue weighted by Gasteiger charge is 2.54. The predicted octanol–water partition coefficient (Wildman–Crippen LogP) is 5.88. The molecule has 2 heteroatoms. The Balaban J connectivity index is 2.28. The van der Waals surface area contributed by atoms with E-state index in [1.165, 1.54) is 24.8 Å². The lowest BCUT2D eigenvalue weighted by Gasteiger charge is -2.58. The van der Waals surface area contributed by atoms with Crippen molar-refractivity contribution in [1.82, 2.24) is 0 Å². The lowest BCUT2D eigenvalue weighted by molar-refractivity contribution is -0.0385. The molecule has 2 rings (SSSR count). The number of halogens is 1. The second-order valence-corrected chi connectivity index (χ2v) is 9.83. The van der Waals surface area contributed by atoms with E-state index in [9.17, 15) is 5.11 Å². The lowest BCUT2D eigenvalue weighted by atomic mass is 9.48. The van der Waals surface area contributed by atoms with E-state index in [4.69, 9.17) is 0 Å². The number of hydrogen-bond acceptors (Lipinski definition) is 1. The molecule has 0 saturated heterocycles. The minimum absolute atomic E-state index is 0.323. The molecule has 0 heterocycles. The van der Waals surface area contributed by atoms with Gasteiger partial charge in [0.15, 0.2) is 0 Å². The van der Waals surface area contributed by atoms with Gasteiger partial charge in [0.25, 0.3) is 0 Å². The van der Waals surface area contributed by atoms with Gasteiger partial charge in [0.05, 0.1) is 5.60 Å². The average Bonchev–Trinajstić information content (AvgIpc) is 2.42. The lowest BCUT2D eigenvalue weighted by Crippen LogP contribution is -2.52. The molecule has 1 nitrogen and oxygen atoms in total. The summed E-state index contributed by atoms with van der Waals surface area (Å²) in [4.78, 5) is 0.613. The van der Waals surface area contributed by atoms with Crippen molar-refractivity contribution in [2.45, 2.75) is 77.2 Å². The van der Waals surface area contributed by atoms with Crippen molar-refractivity contribution < 1.29 is 5.11 Å². The van der Waals surface area contributed by atoms with Crippen molar-refractivity contribution >= 4 is 15.9 Å². The van der Waals surface area contributed by atoms with Gasteiger partial charge in [-0.3, -0.25) is 0 Å². The molecule has 22 heavy (non-hydrogen) atoms. The molecule has 126 valence electrons. The van der Waals surface area contributed by atoms with Gasteiger partial charge in [-0.05, 0) is 68.6 Å². The number of hydrogen-bond donors (Lipinski definition) is 1. The Morgan fingerprint density at radius 1 is 1.45 bits per heavy atom. The van der Waals surface area contributed by atoms with E-state index in [2.05, 4.69) is 56.3 Å². The van der Waals surface area contributed by atoms with Crippen LogP contribution >= 0.6 is 15.9 Å². The second-order valence-electron chi connectivity index (χ2n) is 8.72. The Hall–Kier alpha value is -0.0800. The van der Waals surface area contributed by atoms with Crippen LogP contribution in [0.3, 0.4) is 0 Å². The minimum atomic E-state index is -0.744. The van der Waals surface area contributed by atoms with E-state index in [1.54, 1.807) is 6.08 Å². The zero-order chi connectivity index (χ0) is 16.8. The van der Waals surface area contributed by atoms with Crippen molar-refractivity contribution in [3.05, 3.63) is 24.3 Å². The van der Waals surface area contributed by atoms with Crippen LogP contribution in [0, 0.1) is 22.7 Å². The first-order valence-electron chi connectivity index (χ1n) is 8.71. The van der Waals surface area contributed by atoms with Crippen molar-refractivity contribution in [1.29, 1.82) is 0 Å². The quantitative estimate of drug-likeness (QED) is 0.485. The smallest absolute Gasteiger partial charge is 0.0797 e. The number of fused-ring (bicyclic) bond motifs is 1. The summed E-state index contributed by atoms with van der Waals surface area (Å²) in [6.07, 6.45) is 9.74. The van der Waals surface area contributed by atoms with Gasteiger partial charge in [0, 0.05) is 4.83 Å². The molecule has 0 aromatic carbocycles. The molecule has 0 aromatic heterocycles. The fraction of sp³-hybridized carbons (Fsp3) is 0.800. The van der Waals surface area contributed by atoms with Crippen LogP contribution in [0.15, 0.2) is 24.3 Å². The van der Waals surface area contributed by atoms with Crippen molar-refractivity contribution in [2.75, 3.05) is 0 Å². The van der Waals surface area contributed by atoms with Crippen LogP contribution in [-0.2, 0) is 0 Å². The Labute approximate surface area is 145 Å². The second kappa shape index (κ2) is 6.09. The number of rotatable bonds is 4. The van der Waals surface area contributed by atoms with E-state index < -0.39 is 5.60 Å². The zero-order valence-corrected chi connectivity index (χ0v) is 16.5. The summed E-state index contributed by atoms with van der Waals surface area (Å²) in [6, 6.07) is 0. The maximum atomic E-state index is 10.3. The molecule has 0 amide bonds. The predicted molar refractivity (Wildman–Crippen MR) is 99.2 cm³/mol. The van der Waals surface area contributed by atoms with Crippen LogP contribution in [0.25, 0.3) is 0 Å². The van der Waals surface area contributed by atoms with Crippen LogP contribution in [0.4, 0.5) is 0 Å². The summed E-state index contributed by atoms with van der Waals surface area (Å²) in [7, 11) is 0. The molecular weight excluding hydrogens is 336 g/mol. The van der Waals surface area contributed by atoms with Crippen molar-refractivity contribution in [2.24, 2.45) is 22.7 Å². The first-order chi connectivity index (χ1) is 10.0. The molecule has 0 unspecified atom stereocenters. The highest BCUT2D eigenvalue weighted by Crippen LogP contribution is 2.62. The molecule has 1 fully saturated rings. The Morgan fingerprint density at radius 3 is 2.68 bits per heavy atom. The fourth-order valence-electron chi connectivity index (χ4n) is 5.10. The summed E-state index contributed by atoms with van der Waals surface area (Å²) in [6.45, 7) is 15.3. The van der Waals surface area contributed by atoms with E-state index in [0.29, 0.717) is 27.5 Å². The summed E-state index contributed by atoms with van der Waals surface area (Å²) >= 11 is 3.94. The van der Waals surface area contributed by atoms with E-state index >= 15 is 0 Å². The van der Waals surface area contributed by atoms with Crippen LogP contribution < -0.4 is 0 Å². The zero-order valence-electron chi connectivity index (χ0n) is 15.0. The molecule has 1 N–H and O–H groups in total. The standard InChI is InChI=1S/C20H33BrO/c1-7-19(5,22)12-10-15-14(2)8-9-16-18(3,4)17(21)11-13-20(15,16)6/h7-8,15-17,22H,1,9-13H2,2-6H3/t15-,16+,17+,19-,20-/m0/s1. The van der Waals surface area contributed by atoms with Gasteiger partial charge in [0.1, 0.15) is 0 Å². The van der Waals surface area contributed by atoms with Gasteiger partial charge >= 0.3 is 0 Å². The van der Waals surface area contributed by atoms with Gasteiger partial charge in [-0.25, -0.2) is 0 Å². The number of alkyl halides is 1. The maximum Gasteiger partial charge on any atom is 0.0797 e. The van der Waals surface area contributed by atoms with Crippen LogP contribution in [0.2, 0.25) is 0 Å². The van der Waals surface area contributed by atoms with E-state index in [1.807, 2.05) is 6.92 Å². The molecule has 0 radical (unpaired) electrons. The maximum absolute atomic E-state index is 10.3. The monoisotopic (exact) mass is 368 g/mol. The summed E-state index contributed by atoms with van der Waals surface area (Å²) < 4.78 is 0.